The first-order valence-electron chi connectivity index (χ1n) is 8.77. The molecule has 2 rings (SSSR count). The minimum atomic E-state index is 0.481. The second-order valence-electron chi connectivity index (χ2n) is 7.33. The van der Waals surface area contributed by atoms with Gasteiger partial charge in [0, 0.05) is 31.9 Å². The van der Waals surface area contributed by atoms with Crippen LogP contribution in [0.4, 0.5) is 0 Å². The molecule has 3 nitrogen and oxygen atoms in total. The third kappa shape index (κ3) is 4.09. The zero-order chi connectivity index (χ0) is 15.3. The lowest BCUT2D eigenvalue weighted by atomic mass is 9.71. The third-order valence-corrected chi connectivity index (χ3v) is 5.10. The molecule has 0 radical (unpaired) electrons. The summed E-state index contributed by atoms with van der Waals surface area (Å²) in [6, 6.07) is 0.573. The summed E-state index contributed by atoms with van der Waals surface area (Å²) in [5, 5.41) is 3.87. The molecule has 1 atom stereocenters. The highest BCUT2D eigenvalue weighted by molar-refractivity contribution is 5.02. The lowest BCUT2D eigenvalue weighted by molar-refractivity contribution is 0.152. The highest BCUT2D eigenvalue weighted by atomic mass is 15.0. The number of hydrogen-bond acceptors (Lipinski definition) is 2. The highest BCUT2D eigenvalue weighted by Gasteiger charge is 2.41. The number of imidazole rings is 1. The summed E-state index contributed by atoms with van der Waals surface area (Å²) in [4.78, 5) is 4.57. The monoisotopic (exact) mass is 291 g/mol. The van der Waals surface area contributed by atoms with Gasteiger partial charge in [-0.15, -0.1) is 0 Å². The molecule has 1 aromatic rings. The van der Waals surface area contributed by atoms with E-state index < -0.39 is 0 Å². The molecule has 1 unspecified atom stereocenters. The van der Waals surface area contributed by atoms with Gasteiger partial charge in [0.1, 0.15) is 5.82 Å². The van der Waals surface area contributed by atoms with Crippen molar-refractivity contribution in [3.05, 3.63) is 18.2 Å². The van der Waals surface area contributed by atoms with Crippen LogP contribution in [0.15, 0.2) is 12.4 Å². The first-order valence-corrected chi connectivity index (χ1v) is 8.77. The summed E-state index contributed by atoms with van der Waals surface area (Å²) in [7, 11) is 2.11. The Labute approximate surface area is 130 Å². The van der Waals surface area contributed by atoms with Gasteiger partial charge in [0.15, 0.2) is 0 Å². The van der Waals surface area contributed by atoms with Crippen LogP contribution < -0.4 is 5.32 Å². The molecule has 21 heavy (non-hydrogen) atoms. The van der Waals surface area contributed by atoms with Gasteiger partial charge < -0.3 is 9.88 Å². The van der Waals surface area contributed by atoms with Crippen molar-refractivity contribution in [2.75, 3.05) is 6.54 Å². The molecule has 0 amide bonds. The van der Waals surface area contributed by atoms with Crippen LogP contribution >= 0.6 is 0 Å². The molecular weight excluding hydrogens is 258 g/mol. The van der Waals surface area contributed by atoms with Crippen molar-refractivity contribution in [2.45, 2.75) is 71.8 Å². The van der Waals surface area contributed by atoms with Crippen LogP contribution in [0.2, 0.25) is 0 Å². The Morgan fingerprint density at radius 3 is 2.57 bits per heavy atom. The number of nitrogens with one attached hydrogen (secondary N) is 1. The fourth-order valence-corrected chi connectivity index (χ4v) is 4.19. The number of rotatable bonds is 8. The topological polar surface area (TPSA) is 29.9 Å². The fourth-order valence-electron chi connectivity index (χ4n) is 4.19. The Balaban J connectivity index is 2.17. The molecule has 120 valence electrons. The van der Waals surface area contributed by atoms with Gasteiger partial charge in [-0.25, -0.2) is 4.98 Å². The van der Waals surface area contributed by atoms with Crippen molar-refractivity contribution in [3.63, 3.8) is 0 Å². The molecule has 0 saturated heterocycles. The van der Waals surface area contributed by atoms with E-state index in [1.54, 1.807) is 0 Å². The Morgan fingerprint density at radius 2 is 2.05 bits per heavy atom. The van der Waals surface area contributed by atoms with Crippen LogP contribution in [0.5, 0.6) is 0 Å². The molecule has 1 saturated carbocycles. The largest absolute Gasteiger partial charge is 0.338 e. The molecule has 1 aromatic heterocycles. The maximum atomic E-state index is 4.57. The summed E-state index contributed by atoms with van der Waals surface area (Å²) < 4.78 is 2.18. The molecule has 0 bridgehead atoms. The van der Waals surface area contributed by atoms with Crippen molar-refractivity contribution in [3.8, 4) is 0 Å². The fraction of sp³-hybridized carbons (Fsp3) is 0.833. The predicted molar refractivity (Wildman–Crippen MR) is 89.3 cm³/mol. The second kappa shape index (κ2) is 7.44. The van der Waals surface area contributed by atoms with Crippen LogP contribution in [0, 0.1) is 11.3 Å². The quantitative estimate of drug-likeness (QED) is 0.786. The standard InChI is InChI=1S/C18H33N3/c1-5-10-19-16(13-17-20-11-12-21(17)4)18(14-15(2)3)8-6-7-9-18/h11-12,15-16,19H,5-10,13-14H2,1-4H3. The molecule has 3 heteroatoms. The zero-order valence-electron chi connectivity index (χ0n) is 14.4. The lowest BCUT2D eigenvalue weighted by Gasteiger charge is -2.40. The van der Waals surface area contributed by atoms with Crippen molar-refractivity contribution < 1.29 is 0 Å². The molecular formula is C18H33N3. The Morgan fingerprint density at radius 1 is 1.33 bits per heavy atom. The maximum Gasteiger partial charge on any atom is 0.109 e. The molecule has 1 aliphatic rings. The third-order valence-electron chi connectivity index (χ3n) is 5.10. The van der Waals surface area contributed by atoms with E-state index in [0.29, 0.717) is 11.5 Å². The molecule has 0 aliphatic heterocycles. The van der Waals surface area contributed by atoms with Crippen molar-refractivity contribution >= 4 is 0 Å². The van der Waals surface area contributed by atoms with E-state index in [1.165, 1.54) is 44.3 Å². The lowest BCUT2D eigenvalue weighted by Crippen LogP contribution is -2.47. The van der Waals surface area contributed by atoms with E-state index in [2.05, 4.69) is 48.9 Å². The van der Waals surface area contributed by atoms with E-state index in [0.717, 1.165) is 18.9 Å². The number of nitrogens with zero attached hydrogens (tertiary/aromatic N) is 2. The normalized spacial score (nSPS) is 19.3. The van der Waals surface area contributed by atoms with Gasteiger partial charge in [-0.2, -0.15) is 0 Å². The van der Waals surface area contributed by atoms with E-state index in [4.69, 9.17) is 0 Å². The van der Waals surface area contributed by atoms with Gasteiger partial charge in [-0.3, -0.25) is 0 Å². The molecule has 1 heterocycles. The molecule has 1 aliphatic carbocycles. The predicted octanol–water partition coefficient (Wildman–Crippen LogP) is 3.94. The van der Waals surface area contributed by atoms with Crippen LogP contribution in [0.1, 0.15) is 65.1 Å². The van der Waals surface area contributed by atoms with E-state index in [1.807, 2.05) is 6.20 Å². The number of hydrogen-bond donors (Lipinski definition) is 1. The Kier molecular flexibility index (Phi) is 5.86. The van der Waals surface area contributed by atoms with Crippen molar-refractivity contribution in [2.24, 2.45) is 18.4 Å². The van der Waals surface area contributed by atoms with Crippen LogP contribution in [0.25, 0.3) is 0 Å². The average Bonchev–Trinajstić information content (AvgIpc) is 3.04. The van der Waals surface area contributed by atoms with E-state index in [9.17, 15) is 0 Å². The second-order valence-corrected chi connectivity index (χ2v) is 7.33. The van der Waals surface area contributed by atoms with Crippen molar-refractivity contribution in [1.29, 1.82) is 0 Å². The summed E-state index contributed by atoms with van der Waals surface area (Å²) in [5.74, 6) is 1.99. The Hall–Kier alpha value is -0.830. The SMILES string of the molecule is CCCNC(Cc1nccn1C)C1(CC(C)C)CCCC1. The summed E-state index contributed by atoms with van der Waals surface area (Å²) >= 11 is 0. The first kappa shape index (κ1) is 16.5. The van der Waals surface area contributed by atoms with Crippen LogP contribution in [-0.2, 0) is 13.5 Å². The summed E-state index contributed by atoms with van der Waals surface area (Å²) in [6.45, 7) is 8.12. The summed E-state index contributed by atoms with van der Waals surface area (Å²) in [5.41, 5.74) is 0.481. The van der Waals surface area contributed by atoms with Gasteiger partial charge in [-0.05, 0) is 43.6 Å². The molecule has 0 spiro atoms. The van der Waals surface area contributed by atoms with Crippen LogP contribution in [0.3, 0.4) is 0 Å². The highest BCUT2D eigenvalue weighted by Crippen LogP contribution is 2.46. The summed E-state index contributed by atoms with van der Waals surface area (Å²) in [6.07, 6.45) is 13.2. The van der Waals surface area contributed by atoms with Gasteiger partial charge >= 0.3 is 0 Å². The zero-order valence-corrected chi connectivity index (χ0v) is 14.4. The minimum Gasteiger partial charge on any atom is -0.338 e. The van der Waals surface area contributed by atoms with Crippen molar-refractivity contribution in [1.82, 2.24) is 14.9 Å². The maximum absolute atomic E-state index is 4.57. The van der Waals surface area contributed by atoms with Crippen LogP contribution in [-0.4, -0.2) is 22.1 Å². The molecule has 1 fully saturated rings. The van der Waals surface area contributed by atoms with Gasteiger partial charge in [0.05, 0.1) is 0 Å². The van der Waals surface area contributed by atoms with Gasteiger partial charge in [-0.1, -0.05) is 33.6 Å². The first-order chi connectivity index (χ1) is 10.1. The Bertz CT molecular complexity index is 416. The molecule has 0 aromatic carbocycles. The van der Waals surface area contributed by atoms with Gasteiger partial charge in [0.2, 0.25) is 0 Å². The molecule has 1 N–H and O–H groups in total. The van der Waals surface area contributed by atoms with E-state index in [-0.39, 0.29) is 0 Å². The van der Waals surface area contributed by atoms with E-state index >= 15 is 0 Å². The number of aromatic nitrogens is 2. The number of aryl methyl sites for hydroxylation is 1. The minimum absolute atomic E-state index is 0.481. The smallest absolute Gasteiger partial charge is 0.109 e. The van der Waals surface area contributed by atoms with Gasteiger partial charge in [0.25, 0.3) is 0 Å². The average molecular weight is 291 g/mol.